The van der Waals surface area contributed by atoms with E-state index in [4.69, 9.17) is 4.74 Å². The van der Waals surface area contributed by atoms with Gasteiger partial charge in [0.2, 0.25) is 5.91 Å². The van der Waals surface area contributed by atoms with Crippen LogP contribution in [0.15, 0.2) is 18.2 Å². The SMILES string of the molecule is CCC(CC)(CO)NC(=O)CCOc1ccc(C)cc1C. The molecule has 0 saturated carbocycles. The van der Waals surface area contributed by atoms with Crippen LogP contribution in [0.4, 0.5) is 0 Å². The van der Waals surface area contributed by atoms with Crippen molar-refractivity contribution in [3.63, 3.8) is 0 Å². The molecule has 21 heavy (non-hydrogen) atoms. The van der Waals surface area contributed by atoms with Crippen LogP contribution in [0, 0.1) is 13.8 Å². The Bertz CT molecular complexity index is 459. The van der Waals surface area contributed by atoms with Crippen molar-refractivity contribution in [2.45, 2.75) is 52.5 Å². The Morgan fingerprint density at radius 2 is 1.95 bits per heavy atom. The van der Waals surface area contributed by atoms with Crippen molar-refractivity contribution in [1.82, 2.24) is 5.32 Å². The maximum atomic E-state index is 12.0. The summed E-state index contributed by atoms with van der Waals surface area (Å²) in [4.78, 5) is 12.0. The topological polar surface area (TPSA) is 58.6 Å². The highest BCUT2D eigenvalue weighted by atomic mass is 16.5. The molecule has 2 N–H and O–H groups in total. The average Bonchev–Trinajstić information content (AvgIpc) is 2.47. The first-order valence-corrected chi connectivity index (χ1v) is 7.58. The fraction of sp³-hybridized carbons (Fsp3) is 0.588. The molecule has 0 aromatic heterocycles. The molecule has 0 fully saturated rings. The lowest BCUT2D eigenvalue weighted by molar-refractivity contribution is -0.124. The second-order valence-corrected chi connectivity index (χ2v) is 5.56. The van der Waals surface area contributed by atoms with Crippen LogP contribution >= 0.6 is 0 Å². The van der Waals surface area contributed by atoms with Gasteiger partial charge in [0.25, 0.3) is 0 Å². The standard InChI is InChI=1S/C17H27NO3/c1-5-17(6-2,12-19)18-16(20)9-10-21-15-8-7-13(3)11-14(15)4/h7-8,11,19H,5-6,9-10,12H2,1-4H3,(H,18,20). The molecular formula is C17H27NO3. The fourth-order valence-electron chi connectivity index (χ4n) is 2.26. The van der Waals surface area contributed by atoms with Crippen LogP contribution in [0.5, 0.6) is 5.75 Å². The second kappa shape index (κ2) is 8.03. The Kier molecular flexibility index (Phi) is 6.69. The van der Waals surface area contributed by atoms with Gasteiger partial charge in [-0.3, -0.25) is 4.79 Å². The summed E-state index contributed by atoms with van der Waals surface area (Å²) in [5, 5.41) is 12.4. The molecule has 4 heteroatoms. The molecule has 0 saturated heterocycles. The molecule has 0 bridgehead atoms. The van der Waals surface area contributed by atoms with Crippen LogP contribution in [0.25, 0.3) is 0 Å². The maximum Gasteiger partial charge on any atom is 0.223 e. The fourth-order valence-corrected chi connectivity index (χ4v) is 2.26. The number of carbonyl (C=O) groups excluding carboxylic acids is 1. The molecule has 118 valence electrons. The highest BCUT2D eigenvalue weighted by Gasteiger charge is 2.26. The minimum Gasteiger partial charge on any atom is -0.493 e. The van der Waals surface area contributed by atoms with E-state index < -0.39 is 5.54 Å². The van der Waals surface area contributed by atoms with Crippen LogP contribution in [0.1, 0.15) is 44.2 Å². The molecule has 0 radical (unpaired) electrons. The average molecular weight is 293 g/mol. The number of carbonyl (C=O) groups is 1. The van der Waals surface area contributed by atoms with Crippen molar-refractivity contribution >= 4 is 5.91 Å². The second-order valence-electron chi connectivity index (χ2n) is 5.56. The highest BCUT2D eigenvalue weighted by Crippen LogP contribution is 2.19. The minimum atomic E-state index is -0.503. The number of hydrogen-bond acceptors (Lipinski definition) is 3. The minimum absolute atomic E-state index is 0.0380. The van der Waals surface area contributed by atoms with Crippen LogP contribution in [0.3, 0.4) is 0 Å². The Morgan fingerprint density at radius 3 is 2.48 bits per heavy atom. The van der Waals surface area contributed by atoms with Crippen molar-refractivity contribution < 1.29 is 14.6 Å². The van der Waals surface area contributed by atoms with Gasteiger partial charge in [0.1, 0.15) is 5.75 Å². The number of aliphatic hydroxyl groups excluding tert-OH is 1. The number of rotatable bonds is 8. The van der Waals surface area contributed by atoms with Crippen molar-refractivity contribution in [2.75, 3.05) is 13.2 Å². The third kappa shape index (κ3) is 5.05. The van der Waals surface area contributed by atoms with E-state index in [1.807, 2.05) is 39.8 Å². The van der Waals surface area contributed by atoms with Gasteiger partial charge in [-0.05, 0) is 38.3 Å². The number of amides is 1. The van der Waals surface area contributed by atoms with Crippen molar-refractivity contribution in [2.24, 2.45) is 0 Å². The van der Waals surface area contributed by atoms with E-state index in [1.165, 1.54) is 5.56 Å². The lowest BCUT2D eigenvalue weighted by atomic mass is 9.94. The smallest absolute Gasteiger partial charge is 0.223 e. The van der Waals surface area contributed by atoms with E-state index in [-0.39, 0.29) is 18.9 Å². The summed E-state index contributed by atoms with van der Waals surface area (Å²) in [5.74, 6) is 0.727. The Hall–Kier alpha value is -1.55. The van der Waals surface area contributed by atoms with Crippen molar-refractivity contribution in [1.29, 1.82) is 0 Å². The quantitative estimate of drug-likeness (QED) is 0.775. The monoisotopic (exact) mass is 293 g/mol. The van der Waals surface area contributed by atoms with Gasteiger partial charge in [0, 0.05) is 0 Å². The molecular weight excluding hydrogens is 266 g/mol. The number of nitrogens with one attached hydrogen (secondary N) is 1. The molecule has 4 nitrogen and oxygen atoms in total. The van der Waals surface area contributed by atoms with E-state index >= 15 is 0 Å². The Balaban J connectivity index is 2.46. The molecule has 0 heterocycles. The molecule has 0 atom stereocenters. The van der Waals surface area contributed by atoms with Gasteiger partial charge in [0.15, 0.2) is 0 Å². The zero-order chi connectivity index (χ0) is 15.9. The Morgan fingerprint density at radius 1 is 1.29 bits per heavy atom. The van der Waals surface area contributed by atoms with Crippen molar-refractivity contribution in [3.8, 4) is 5.75 Å². The maximum absolute atomic E-state index is 12.0. The first kappa shape index (κ1) is 17.5. The number of benzene rings is 1. The summed E-state index contributed by atoms with van der Waals surface area (Å²) < 4.78 is 5.65. The third-order valence-corrected chi connectivity index (χ3v) is 3.98. The number of aliphatic hydroxyl groups is 1. The summed E-state index contributed by atoms with van der Waals surface area (Å²) in [5.41, 5.74) is 1.76. The molecule has 0 unspecified atom stereocenters. The van der Waals surface area contributed by atoms with Crippen LogP contribution in [-0.2, 0) is 4.79 Å². The van der Waals surface area contributed by atoms with Gasteiger partial charge in [-0.2, -0.15) is 0 Å². The first-order valence-electron chi connectivity index (χ1n) is 7.58. The molecule has 1 aromatic rings. The van der Waals surface area contributed by atoms with Gasteiger partial charge < -0.3 is 15.2 Å². The van der Waals surface area contributed by atoms with Crippen LogP contribution in [-0.4, -0.2) is 29.8 Å². The van der Waals surface area contributed by atoms with E-state index in [9.17, 15) is 9.90 Å². The zero-order valence-electron chi connectivity index (χ0n) is 13.5. The molecule has 1 rings (SSSR count). The normalized spacial score (nSPS) is 11.3. The lowest BCUT2D eigenvalue weighted by Gasteiger charge is -2.30. The van der Waals surface area contributed by atoms with Crippen LogP contribution < -0.4 is 10.1 Å². The molecule has 0 aliphatic rings. The number of aryl methyl sites for hydroxylation is 2. The summed E-state index contributed by atoms with van der Waals surface area (Å²) in [7, 11) is 0. The lowest BCUT2D eigenvalue weighted by Crippen LogP contribution is -2.50. The first-order chi connectivity index (χ1) is 9.96. The van der Waals surface area contributed by atoms with Gasteiger partial charge in [-0.25, -0.2) is 0 Å². The van der Waals surface area contributed by atoms with Gasteiger partial charge >= 0.3 is 0 Å². The third-order valence-electron chi connectivity index (χ3n) is 3.98. The largest absolute Gasteiger partial charge is 0.493 e. The van der Waals surface area contributed by atoms with Gasteiger partial charge in [-0.15, -0.1) is 0 Å². The van der Waals surface area contributed by atoms with E-state index in [2.05, 4.69) is 11.4 Å². The van der Waals surface area contributed by atoms with Gasteiger partial charge in [0.05, 0.1) is 25.2 Å². The summed E-state index contributed by atoms with van der Waals surface area (Å²) >= 11 is 0. The van der Waals surface area contributed by atoms with E-state index in [0.29, 0.717) is 19.4 Å². The molecule has 0 aliphatic heterocycles. The molecule has 1 aromatic carbocycles. The number of hydrogen-bond donors (Lipinski definition) is 2. The zero-order valence-corrected chi connectivity index (χ0v) is 13.5. The molecule has 0 aliphatic carbocycles. The summed E-state index contributed by atoms with van der Waals surface area (Å²) in [6, 6.07) is 5.98. The highest BCUT2D eigenvalue weighted by molar-refractivity contribution is 5.77. The Labute approximate surface area is 127 Å². The molecule has 0 spiro atoms. The summed E-state index contributed by atoms with van der Waals surface area (Å²) in [6.07, 6.45) is 1.71. The summed E-state index contributed by atoms with van der Waals surface area (Å²) in [6.45, 7) is 8.26. The van der Waals surface area contributed by atoms with E-state index in [1.54, 1.807) is 0 Å². The predicted octanol–water partition coefficient (Wildman–Crippen LogP) is 2.74. The van der Waals surface area contributed by atoms with E-state index in [0.717, 1.165) is 11.3 Å². The van der Waals surface area contributed by atoms with Gasteiger partial charge in [-0.1, -0.05) is 31.5 Å². The molecule has 1 amide bonds. The predicted molar refractivity (Wildman–Crippen MR) is 84.6 cm³/mol. The number of ether oxygens (including phenoxy) is 1. The van der Waals surface area contributed by atoms with Crippen molar-refractivity contribution in [3.05, 3.63) is 29.3 Å². The van der Waals surface area contributed by atoms with Crippen LogP contribution in [0.2, 0.25) is 0 Å².